The molecule has 0 unspecified atom stereocenters. The summed E-state index contributed by atoms with van der Waals surface area (Å²) in [5.74, 6) is 0.763. The summed E-state index contributed by atoms with van der Waals surface area (Å²) in [5.41, 5.74) is 0.389. The monoisotopic (exact) mass is 411 g/mol. The van der Waals surface area contributed by atoms with E-state index in [1.165, 1.54) is 0 Å². The summed E-state index contributed by atoms with van der Waals surface area (Å²) in [6, 6.07) is 8.13. The predicted molar refractivity (Wildman–Crippen MR) is 118 cm³/mol. The lowest BCUT2D eigenvalue weighted by Gasteiger charge is -2.37. The average Bonchev–Trinajstić information content (AvgIpc) is 2.35. The Kier molecular flexibility index (Phi) is 7.12. The van der Waals surface area contributed by atoms with Gasteiger partial charge in [0.25, 0.3) is 0 Å². The third-order valence-electron chi connectivity index (χ3n) is 3.41. The Hall–Kier alpha value is -0.899. The lowest BCUT2D eigenvalue weighted by Crippen LogP contribution is -2.62. The highest BCUT2D eigenvalue weighted by Gasteiger charge is 2.40. The van der Waals surface area contributed by atoms with Crippen molar-refractivity contribution >= 4 is 30.8 Å². The lowest BCUT2D eigenvalue weighted by molar-refractivity contribution is -0.141. The number of hydrogen-bond acceptors (Lipinski definition) is 4. The van der Waals surface area contributed by atoms with Gasteiger partial charge in [0.05, 0.1) is 0 Å². The van der Waals surface area contributed by atoms with Gasteiger partial charge < -0.3 is 13.8 Å². The molecule has 0 spiro atoms. The molecule has 0 heterocycles. The van der Waals surface area contributed by atoms with Crippen LogP contribution in [-0.4, -0.2) is 36.4 Å². The molecule has 0 amide bonds. The van der Waals surface area contributed by atoms with E-state index >= 15 is 0 Å². The Bertz CT molecular complexity index is 613. The summed E-state index contributed by atoms with van der Waals surface area (Å²) in [7, 11) is -5.24. The van der Waals surface area contributed by atoms with E-state index in [1.54, 1.807) is 0 Å². The third-order valence-corrected chi connectivity index (χ3v) is 6.35. The van der Waals surface area contributed by atoms with Crippen molar-refractivity contribution in [3.8, 4) is 5.75 Å². The highest BCUT2D eigenvalue weighted by molar-refractivity contribution is 6.74. The molecule has 0 aliphatic rings. The van der Waals surface area contributed by atoms with Crippen molar-refractivity contribution < 1.29 is 13.6 Å². The van der Waals surface area contributed by atoms with Crippen LogP contribution in [0.5, 0.6) is 5.75 Å². The highest BCUT2D eigenvalue weighted by Crippen LogP contribution is 2.23. The topological polar surface area (TPSA) is 47.6 Å². The van der Waals surface area contributed by atoms with E-state index in [0.717, 1.165) is 11.3 Å². The molecule has 1 aromatic carbocycles. The molecule has 0 radical (unpaired) electrons. The molecule has 0 bridgehead atoms. The number of carbonyl (C=O) groups excluding carboxylic acids is 1. The van der Waals surface area contributed by atoms with Crippen molar-refractivity contribution in [2.45, 2.75) is 77.8 Å². The van der Waals surface area contributed by atoms with Crippen molar-refractivity contribution in [3.05, 3.63) is 29.8 Å². The van der Waals surface area contributed by atoms with Gasteiger partial charge >= 0.3 is 5.97 Å². The fourth-order valence-electron chi connectivity index (χ4n) is 2.82. The van der Waals surface area contributed by atoms with E-state index in [1.807, 2.05) is 38.7 Å². The van der Waals surface area contributed by atoms with Gasteiger partial charge in [-0.15, -0.1) is 0 Å². The molecule has 4 nitrogen and oxygen atoms in total. The van der Waals surface area contributed by atoms with Gasteiger partial charge in [-0.25, -0.2) is 0 Å². The molecule has 0 saturated heterocycles. The largest absolute Gasteiger partial charge is 0.544 e. The fourth-order valence-corrected chi connectivity index (χ4v) is 6.29. The molecule has 0 aliphatic heterocycles. The van der Waals surface area contributed by atoms with Gasteiger partial charge in [-0.3, -0.25) is 4.79 Å². The normalized spacial score (nSPS) is 15.3. The predicted octanol–water partition coefficient (Wildman–Crippen LogP) is 5.00. The molecule has 148 valence electrons. The molecule has 1 rings (SSSR count). The second kappa shape index (κ2) is 8.00. The van der Waals surface area contributed by atoms with Gasteiger partial charge in [0.1, 0.15) is 19.5 Å². The molecule has 1 N–H and O–H groups in total. The van der Waals surface area contributed by atoms with Crippen molar-refractivity contribution in [2.75, 3.05) is 0 Å². The van der Waals surface area contributed by atoms with Crippen LogP contribution < -0.4 is 9.41 Å². The van der Waals surface area contributed by atoms with Crippen molar-refractivity contribution in [1.82, 2.24) is 4.98 Å². The summed E-state index contributed by atoms with van der Waals surface area (Å²) >= 11 is 0. The fraction of sp³-hybridized carbons (Fsp3) is 0.632. The Morgan fingerprint density at radius 1 is 0.923 bits per heavy atom. The Morgan fingerprint density at radius 3 is 1.81 bits per heavy atom. The van der Waals surface area contributed by atoms with Gasteiger partial charge in [0, 0.05) is 6.42 Å². The van der Waals surface area contributed by atoms with Crippen LogP contribution in [0.15, 0.2) is 24.3 Å². The van der Waals surface area contributed by atoms with Crippen LogP contribution in [-0.2, 0) is 15.6 Å². The first-order valence-corrected chi connectivity index (χ1v) is 19.6. The van der Waals surface area contributed by atoms with Crippen LogP contribution >= 0.6 is 0 Å². The minimum atomic E-state index is -1.95. The number of rotatable bonds is 8. The van der Waals surface area contributed by atoms with Gasteiger partial charge in [0.2, 0.25) is 16.6 Å². The van der Waals surface area contributed by atoms with Gasteiger partial charge in [-0.2, -0.15) is 0 Å². The van der Waals surface area contributed by atoms with Crippen LogP contribution in [0.3, 0.4) is 0 Å². The Morgan fingerprint density at radius 2 is 1.42 bits per heavy atom. The molecule has 1 aromatic rings. The van der Waals surface area contributed by atoms with Crippen LogP contribution in [0.1, 0.15) is 12.5 Å². The SMILES string of the molecule is C[C@@](Cc1ccc(O[Si](C)(C)C)cc1)(N[Si](C)(C)C)C(=O)O[Si](C)(C)C. The highest BCUT2D eigenvalue weighted by atomic mass is 28.4. The van der Waals surface area contributed by atoms with E-state index in [4.69, 9.17) is 8.85 Å². The summed E-state index contributed by atoms with van der Waals surface area (Å²) in [6.07, 6.45) is 0.605. The van der Waals surface area contributed by atoms with Crippen LogP contribution in [0.4, 0.5) is 0 Å². The van der Waals surface area contributed by atoms with E-state index in [2.05, 4.69) is 56.4 Å². The molecule has 0 aromatic heterocycles. The Labute approximate surface area is 163 Å². The molecule has 26 heavy (non-hydrogen) atoms. The number of nitrogens with one attached hydrogen (secondary N) is 1. The zero-order valence-electron chi connectivity index (χ0n) is 18.2. The van der Waals surface area contributed by atoms with Crippen molar-refractivity contribution in [1.29, 1.82) is 0 Å². The lowest BCUT2D eigenvalue weighted by atomic mass is 9.94. The van der Waals surface area contributed by atoms with E-state index in [-0.39, 0.29) is 5.97 Å². The maximum absolute atomic E-state index is 13.0. The molecule has 1 atom stereocenters. The second-order valence-electron chi connectivity index (χ2n) is 10.2. The number of carbonyl (C=O) groups is 1. The summed E-state index contributed by atoms with van der Waals surface area (Å²) < 4.78 is 11.9. The number of benzene rings is 1. The van der Waals surface area contributed by atoms with E-state index in [0.29, 0.717) is 6.42 Å². The van der Waals surface area contributed by atoms with E-state index < -0.39 is 30.4 Å². The average molecular weight is 412 g/mol. The summed E-state index contributed by atoms with van der Waals surface area (Å²) in [5, 5.41) is 0. The molecule has 0 aliphatic carbocycles. The summed E-state index contributed by atoms with van der Waals surface area (Å²) in [4.78, 5) is 16.6. The molecule has 0 fully saturated rings. The second-order valence-corrected chi connectivity index (χ2v) is 23.9. The first-order valence-electron chi connectivity index (χ1n) is 9.30. The Balaban J connectivity index is 3.04. The first-order chi connectivity index (χ1) is 11.5. The number of hydrogen-bond donors (Lipinski definition) is 1. The quantitative estimate of drug-likeness (QED) is 0.611. The molecule has 7 heteroatoms. The van der Waals surface area contributed by atoms with Gasteiger partial charge in [-0.05, 0) is 63.9 Å². The smallest absolute Gasteiger partial charge is 0.312 e. The van der Waals surface area contributed by atoms with Crippen molar-refractivity contribution in [3.63, 3.8) is 0 Å². The zero-order valence-corrected chi connectivity index (χ0v) is 21.2. The standard InChI is InChI=1S/C19H37NO3Si3/c1-19(20-24(2,3)4,18(21)23-26(8,9)10)15-16-11-13-17(14-12-16)22-25(5,6)7/h11-14,20H,15H2,1-10H3/t19-/m0/s1. The maximum Gasteiger partial charge on any atom is 0.312 e. The van der Waals surface area contributed by atoms with Gasteiger partial charge in [0.15, 0.2) is 0 Å². The van der Waals surface area contributed by atoms with Gasteiger partial charge in [-0.1, -0.05) is 31.8 Å². The third kappa shape index (κ3) is 8.66. The van der Waals surface area contributed by atoms with Crippen molar-refractivity contribution in [2.24, 2.45) is 0 Å². The minimum absolute atomic E-state index is 0.137. The van der Waals surface area contributed by atoms with Crippen LogP contribution in [0.2, 0.25) is 58.9 Å². The first kappa shape index (κ1) is 23.1. The summed E-state index contributed by atoms with van der Waals surface area (Å²) in [6.45, 7) is 21.2. The van der Waals surface area contributed by atoms with Crippen LogP contribution in [0.25, 0.3) is 0 Å². The maximum atomic E-state index is 13.0. The molecular weight excluding hydrogens is 374 g/mol. The molecular formula is C19H37NO3Si3. The minimum Gasteiger partial charge on any atom is -0.544 e. The molecule has 0 saturated carbocycles. The van der Waals surface area contributed by atoms with E-state index in [9.17, 15) is 4.79 Å². The zero-order chi connectivity index (χ0) is 20.4. The van der Waals surface area contributed by atoms with Crippen LogP contribution in [0, 0.1) is 0 Å².